The molecule has 1 unspecified atom stereocenters. The van der Waals surface area contributed by atoms with Crippen molar-refractivity contribution >= 4 is 15.9 Å². The highest BCUT2D eigenvalue weighted by Gasteiger charge is 2.21. The van der Waals surface area contributed by atoms with Crippen LogP contribution in [0.5, 0.6) is 5.75 Å². The fourth-order valence-electron chi connectivity index (χ4n) is 2.98. The topological polar surface area (TPSA) is 21.3 Å². The van der Waals surface area contributed by atoms with Crippen molar-refractivity contribution in [2.75, 3.05) is 13.2 Å². The molecule has 0 fully saturated rings. The van der Waals surface area contributed by atoms with Crippen LogP contribution in [0.15, 0.2) is 22.7 Å². The van der Waals surface area contributed by atoms with E-state index in [0.717, 1.165) is 16.8 Å². The summed E-state index contributed by atoms with van der Waals surface area (Å²) in [6.45, 7) is 10.5. The highest BCUT2D eigenvalue weighted by Crippen LogP contribution is 2.34. The van der Waals surface area contributed by atoms with Crippen LogP contribution in [0.3, 0.4) is 0 Å². The van der Waals surface area contributed by atoms with Gasteiger partial charge in [0.15, 0.2) is 0 Å². The zero-order valence-electron chi connectivity index (χ0n) is 13.9. The molecule has 0 amide bonds. The van der Waals surface area contributed by atoms with Gasteiger partial charge in [0, 0.05) is 6.04 Å². The molecule has 0 aliphatic carbocycles. The van der Waals surface area contributed by atoms with Crippen molar-refractivity contribution < 1.29 is 4.74 Å². The molecule has 0 spiro atoms. The van der Waals surface area contributed by atoms with Gasteiger partial charge in [-0.15, -0.1) is 0 Å². The van der Waals surface area contributed by atoms with Gasteiger partial charge in [-0.05, 0) is 65.9 Å². The van der Waals surface area contributed by atoms with Crippen molar-refractivity contribution in [3.05, 3.63) is 28.2 Å². The molecule has 0 radical (unpaired) electrons. The fraction of sp³-hybridized carbons (Fsp3) is 0.667. The number of rotatable bonds is 10. The van der Waals surface area contributed by atoms with Crippen LogP contribution in [0, 0.1) is 5.92 Å². The molecule has 0 aliphatic rings. The highest BCUT2D eigenvalue weighted by atomic mass is 79.9. The SMILES string of the molecule is CCCC(CCC)C(NCC)c1ccc(OCC)c(Br)c1. The lowest BCUT2D eigenvalue weighted by atomic mass is 9.86. The molecule has 120 valence electrons. The largest absolute Gasteiger partial charge is 0.493 e. The summed E-state index contributed by atoms with van der Waals surface area (Å²) in [6, 6.07) is 6.95. The van der Waals surface area contributed by atoms with Gasteiger partial charge in [0.2, 0.25) is 0 Å². The van der Waals surface area contributed by atoms with Crippen molar-refractivity contribution in [2.45, 2.75) is 59.4 Å². The van der Waals surface area contributed by atoms with E-state index >= 15 is 0 Å². The number of hydrogen-bond donors (Lipinski definition) is 1. The molecular formula is C18H30BrNO. The number of hydrogen-bond acceptors (Lipinski definition) is 2. The minimum atomic E-state index is 0.432. The first-order valence-electron chi connectivity index (χ1n) is 8.33. The molecule has 1 rings (SSSR count). The first-order valence-corrected chi connectivity index (χ1v) is 9.12. The smallest absolute Gasteiger partial charge is 0.133 e. The van der Waals surface area contributed by atoms with E-state index in [0.29, 0.717) is 18.6 Å². The van der Waals surface area contributed by atoms with Crippen molar-refractivity contribution in [2.24, 2.45) is 5.92 Å². The maximum atomic E-state index is 5.62. The second-order valence-electron chi connectivity index (χ2n) is 5.50. The zero-order chi connectivity index (χ0) is 15.7. The van der Waals surface area contributed by atoms with Crippen molar-refractivity contribution in [3.8, 4) is 5.75 Å². The normalized spacial score (nSPS) is 12.7. The van der Waals surface area contributed by atoms with Gasteiger partial charge in [-0.1, -0.05) is 39.7 Å². The van der Waals surface area contributed by atoms with E-state index in [2.05, 4.69) is 60.2 Å². The van der Waals surface area contributed by atoms with Gasteiger partial charge in [-0.2, -0.15) is 0 Å². The lowest BCUT2D eigenvalue weighted by Gasteiger charge is -2.28. The molecule has 0 saturated heterocycles. The summed E-state index contributed by atoms with van der Waals surface area (Å²) in [5.41, 5.74) is 1.36. The van der Waals surface area contributed by atoms with Crippen LogP contribution in [-0.4, -0.2) is 13.2 Å². The second kappa shape index (κ2) is 10.2. The monoisotopic (exact) mass is 355 g/mol. The molecule has 1 N–H and O–H groups in total. The Labute approximate surface area is 138 Å². The third kappa shape index (κ3) is 5.63. The Kier molecular flexibility index (Phi) is 9.02. The molecule has 21 heavy (non-hydrogen) atoms. The van der Waals surface area contributed by atoms with E-state index in [1.807, 2.05) is 6.92 Å². The van der Waals surface area contributed by atoms with Crippen LogP contribution in [0.1, 0.15) is 65.0 Å². The average Bonchev–Trinajstić information content (AvgIpc) is 2.47. The number of halogens is 1. The number of nitrogens with one attached hydrogen (secondary N) is 1. The zero-order valence-corrected chi connectivity index (χ0v) is 15.5. The van der Waals surface area contributed by atoms with E-state index in [1.54, 1.807) is 0 Å². The number of benzene rings is 1. The Bertz CT molecular complexity index is 402. The summed E-state index contributed by atoms with van der Waals surface area (Å²) in [4.78, 5) is 0. The molecule has 0 bridgehead atoms. The number of ether oxygens (including phenoxy) is 1. The van der Waals surface area contributed by atoms with Crippen molar-refractivity contribution in [1.29, 1.82) is 0 Å². The Morgan fingerprint density at radius 1 is 1.10 bits per heavy atom. The quantitative estimate of drug-likeness (QED) is 0.579. The summed E-state index contributed by atoms with van der Waals surface area (Å²) >= 11 is 3.64. The van der Waals surface area contributed by atoms with Crippen LogP contribution >= 0.6 is 15.9 Å². The predicted octanol–water partition coefficient (Wildman–Crippen LogP) is 5.71. The molecule has 2 nitrogen and oxygen atoms in total. The first-order chi connectivity index (χ1) is 10.2. The summed E-state index contributed by atoms with van der Waals surface area (Å²) in [6.07, 6.45) is 5.03. The van der Waals surface area contributed by atoms with Gasteiger partial charge < -0.3 is 10.1 Å². The van der Waals surface area contributed by atoms with E-state index in [-0.39, 0.29) is 0 Å². The third-order valence-electron chi connectivity index (χ3n) is 3.83. The highest BCUT2D eigenvalue weighted by molar-refractivity contribution is 9.10. The van der Waals surface area contributed by atoms with Crippen LogP contribution in [-0.2, 0) is 0 Å². The molecule has 0 aromatic heterocycles. The minimum Gasteiger partial charge on any atom is -0.493 e. The van der Waals surface area contributed by atoms with Gasteiger partial charge in [0.1, 0.15) is 5.75 Å². The molecule has 0 saturated carbocycles. The maximum absolute atomic E-state index is 5.62. The van der Waals surface area contributed by atoms with Crippen molar-refractivity contribution in [1.82, 2.24) is 5.32 Å². The van der Waals surface area contributed by atoms with Gasteiger partial charge in [-0.25, -0.2) is 0 Å². The average molecular weight is 356 g/mol. The maximum Gasteiger partial charge on any atom is 0.133 e. The molecular weight excluding hydrogens is 326 g/mol. The molecule has 1 aromatic rings. The Morgan fingerprint density at radius 3 is 2.24 bits per heavy atom. The van der Waals surface area contributed by atoms with Crippen LogP contribution in [0.4, 0.5) is 0 Å². The van der Waals surface area contributed by atoms with Gasteiger partial charge in [-0.3, -0.25) is 0 Å². The third-order valence-corrected chi connectivity index (χ3v) is 4.45. The fourth-order valence-corrected chi connectivity index (χ4v) is 3.49. The predicted molar refractivity (Wildman–Crippen MR) is 95.0 cm³/mol. The Morgan fingerprint density at radius 2 is 1.76 bits per heavy atom. The Hall–Kier alpha value is -0.540. The minimum absolute atomic E-state index is 0.432. The van der Waals surface area contributed by atoms with E-state index in [1.165, 1.54) is 31.2 Å². The van der Waals surface area contributed by atoms with Gasteiger partial charge >= 0.3 is 0 Å². The Balaban J connectivity index is 3.00. The van der Waals surface area contributed by atoms with Crippen LogP contribution in [0.2, 0.25) is 0 Å². The lowest BCUT2D eigenvalue weighted by molar-refractivity contribution is 0.318. The van der Waals surface area contributed by atoms with Crippen molar-refractivity contribution in [3.63, 3.8) is 0 Å². The molecule has 1 aromatic carbocycles. The summed E-state index contributed by atoms with van der Waals surface area (Å²) in [5.74, 6) is 1.63. The van der Waals surface area contributed by atoms with Crippen LogP contribution < -0.4 is 10.1 Å². The summed E-state index contributed by atoms with van der Waals surface area (Å²) in [5, 5.41) is 3.69. The first kappa shape index (κ1) is 18.5. The van der Waals surface area contributed by atoms with Gasteiger partial charge in [0.05, 0.1) is 11.1 Å². The summed E-state index contributed by atoms with van der Waals surface area (Å²) < 4.78 is 6.67. The van der Waals surface area contributed by atoms with Gasteiger partial charge in [0.25, 0.3) is 0 Å². The molecule has 0 aliphatic heterocycles. The molecule has 0 heterocycles. The van der Waals surface area contributed by atoms with E-state index in [4.69, 9.17) is 4.74 Å². The standard InChI is InChI=1S/C18H30BrNO/c1-5-9-14(10-6-2)18(20-7-3)15-11-12-17(21-8-4)16(19)13-15/h11-14,18,20H,5-10H2,1-4H3. The molecule has 1 atom stereocenters. The second-order valence-corrected chi connectivity index (χ2v) is 6.35. The summed E-state index contributed by atoms with van der Waals surface area (Å²) in [7, 11) is 0. The van der Waals surface area contributed by atoms with E-state index in [9.17, 15) is 0 Å². The van der Waals surface area contributed by atoms with E-state index < -0.39 is 0 Å². The molecule has 3 heteroatoms. The lowest BCUT2D eigenvalue weighted by Crippen LogP contribution is -2.28. The van der Waals surface area contributed by atoms with Crippen LogP contribution in [0.25, 0.3) is 0 Å².